The quantitative estimate of drug-likeness (QED) is 0.385. The maximum Gasteiger partial charge on any atom is 0.373 e. The molecule has 31 heavy (non-hydrogen) atoms. The molecule has 0 amide bonds. The Morgan fingerprint density at radius 1 is 1.23 bits per heavy atom. The van der Waals surface area contributed by atoms with Gasteiger partial charge in [-0.1, -0.05) is 13.0 Å². The van der Waals surface area contributed by atoms with Crippen molar-refractivity contribution in [3.8, 4) is 0 Å². The van der Waals surface area contributed by atoms with Crippen molar-refractivity contribution in [3.05, 3.63) is 79.9 Å². The van der Waals surface area contributed by atoms with Gasteiger partial charge in [-0.25, -0.2) is 9.59 Å². The van der Waals surface area contributed by atoms with E-state index in [2.05, 4.69) is 22.0 Å². The van der Waals surface area contributed by atoms with Crippen molar-refractivity contribution in [2.75, 3.05) is 18.2 Å². The molecule has 3 rings (SSSR count). The number of benzene rings is 1. The summed E-state index contributed by atoms with van der Waals surface area (Å²) in [6.45, 7) is 4.39. The minimum Gasteiger partial charge on any atom is -0.463 e. The maximum absolute atomic E-state index is 12.4. The van der Waals surface area contributed by atoms with Crippen LogP contribution in [-0.2, 0) is 23.5 Å². The zero-order valence-electron chi connectivity index (χ0n) is 17.7. The standard InChI is InChI=1S/C22H25N3O5S/c1-4-15-11-16(6-5-14(15)2)23-19-12-20(26)25(22(28)24-19)9-10-31-13-17-7-8-18(30-17)21(27)29-3/h5-8,11-12,23H,4,9-10,13H2,1-3H3,(H,24,28). The Kier molecular flexibility index (Phi) is 7.41. The number of hydrogen-bond acceptors (Lipinski definition) is 7. The van der Waals surface area contributed by atoms with Crippen molar-refractivity contribution >= 4 is 29.2 Å². The van der Waals surface area contributed by atoms with E-state index < -0.39 is 11.7 Å². The van der Waals surface area contributed by atoms with Gasteiger partial charge in [0.05, 0.1) is 12.9 Å². The molecule has 0 bridgehead atoms. The zero-order chi connectivity index (χ0) is 22.4. The van der Waals surface area contributed by atoms with Crippen LogP contribution < -0.4 is 16.6 Å². The van der Waals surface area contributed by atoms with Crippen LogP contribution in [0.25, 0.3) is 0 Å². The number of aryl methyl sites for hydroxylation is 2. The molecule has 3 aromatic rings. The number of methoxy groups -OCH3 is 1. The van der Waals surface area contributed by atoms with Crippen LogP contribution >= 0.6 is 11.8 Å². The van der Waals surface area contributed by atoms with E-state index in [9.17, 15) is 14.4 Å². The number of carbonyl (C=O) groups excluding carboxylic acids is 1. The van der Waals surface area contributed by atoms with Crippen LogP contribution in [0, 0.1) is 6.92 Å². The number of hydrogen-bond donors (Lipinski definition) is 2. The summed E-state index contributed by atoms with van der Waals surface area (Å²) in [6.07, 6.45) is 0.902. The van der Waals surface area contributed by atoms with Crippen molar-refractivity contribution in [2.24, 2.45) is 0 Å². The van der Waals surface area contributed by atoms with E-state index in [1.54, 1.807) is 12.1 Å². The van der Waals surface area contributed by atoms with Gasteiger partial charge in [-0.3, -0.25) is 14.3 Å². The molecule has 0 aliphatic rings. The first kappa shape index (κ1) is 22.5. The molecule has 164 valence electrons. The van der Waals surface area contributed by atoms with Gasteiger partial charge in [-0.15, -0.1) is 0 Å². The van der Waals surface area contributed by atoms with Gasteiger partial charge < -0.3 is 14.5 Å². The number of esters is 1. The number of carbonyl (C=O) groups is 1. The first-order valence-electron chi connectivity index (χ1n) is 9.86. The van der Waals surface area contributed by atoms with Crippen LogP contribution in [0.15, 0.2) is 50.4 Å². The highest BCUT2D eigenvalue weighted by Gasteiger charge is 2.11. The van der Waals surface area contributed by atoms with Gasteiger partial charge in [0.1, 0.15) is 11.6 Å². The Labute approximate surface area is 183 Å². The topological polar surface area (TPSA) is 106 Å². The molecule has 0 radical (unpaired) electrons. The molecule has 0 atom stereocenters. The number of H-pyrrole nitrogens is 1. The fourth-order valence-corrected chi connectivity index (χ4v) is 3.89. The van der Waals surface area contributed by atoms with Crippen molar-refractivity contribution in [2.45, 2.75) is 32.6 Å². The van der Waals surface area contributed by atoms with Gasteiger partial charge in [-0.2, -0.15) is 11.8 Å². The van der Waals surface area contributed by atoms with Crippen LogP contribution in [0.5, 0.6) is 0 Å². The van der Waals surface area contributed by atoms with E-state index in [-0.39, 0.29) is 17.9 Å². The molecule has 1 aromatic carbocycles. The second-order valence-corrected chi connectivity index (χ2v) is 8.01. The van der Waals surface area contributed by atoms with Crippen LogP contribution in [-0.4, -0.2) is 28.4 Å². The molecular weight excluding hydrogens is 418 g/mol. The summed E-state index contributed by atoms with van der Waals surface area (Å²) < 4.78 is 11.2. The summed E-state index contributed by atoms with van der Waals surface area (Å²) in [5.74, 6) is 1.64. The molecule has 0 saturated carbocycles. The van der Waals surface area contributed by atoms with Crippen molar-refractivity contribution in [1.82, 2.24) is 9.55 Å². The van der Waals surface area contributed by atoms with E-state index in [1.807, 2.05) is 25.1 Å². The molecule has 8 nitrogen and oxygen atoms in total. The highest BCUT2D eigenvalue weighted by atomic mass is 32.2. The Hall–Kier alpha value is -3.20. The van der Waals surface area contributed by atoms with Crippen molar-refractivity contribution in [1.29, 1.82) is 0 Å². The predicted molar refractivity (Wildman–Crippen MR) is 121 cm³/mol. The number of aromatic amines is 1. The predicted octanol–water partition coefficient (Wildman–Crippen LogP) is 3.46. The lowest BCUT2D eigenvalue weighted by molar-refractivity contribution is 0.0563. The monoisotopic (exact) mass is 443 g/mol. The van der Waals surface area contributed by atoms with Crippen molar-refractivity contribution in [3.63, 3.8) is 0 Å². The molecule has 2 heterocycles. The molecule has 0 saturated heterocycles. The Bertz CT molecular complexity index is 1150. The highest BCUT2D eigenvalue weighted by Crippen LogP contribution is 2.19. The minimum atomic E-state index is -0.528. The molecule has 9 heteroatoms. The van der Waals surface area contributed by atoms with Gasteiger partial charge in [0.15, 0.2) is 0 Å². The molecule has 0 aliphatic heterocycles. The Morgan fingerprint density at radius 2 is 2.03 bits per heavy atom. The summed E-state index contributed by atoms with van der Waals surface area (Å²) >= 11 is 1.49. The van der Waals surface area contributed by atoms with Gasteiger partial charge in [0.25, 0.3) is 5.56 Å². The van der Waals surface area contributed by atoms with Gasteiger partial charge in [0.2, 0.25) is 5.76 Å². The minimum absolute atomic E-state index is 0.147. The number of anilines is 2. The number of thioether (sulfide) groups is 1. The highest BCUT2D eigenvalue weighted by molar-refractivity contribution is 7.98. The SMILES string of the molecule is CCc1cc(Nc2cc(=O)n(CCSCc3ccc(C(=O)OC)o3)c(=O)[nH]2)ccc1C. The third-order valence-electron chi connectivity index (χ3n) is 4.78. The van der Waals surface area contributed by atoms with E-state index in [1.165, 1.54) is 36.1 Å². The average molecular weight is 444 g/mol. The third kappa shape index (κ3) is 5.69. The summed E-state index contributed by atoms with van der Waals surface area (Å²) in [5.41, 5.74) is 2.37. The lowest BCUT2D eigenvalue weighted by Gasteiger charge is -2.11. The molecule has 0 unspecified atom stereocenters. The van der Waals surface area contributed by atoms with Gasteiger partial charge in [0, 0.05) is 24.1 Å². The van der Waals surface area contributed by atoms with Gasteiger partial charge >= 0.3 is 11.7 Å². The van der Waals surface area contributed by atoms with Crippen LogP contribution in [0.4, 0.5) is 11.5 Å². The fourth-order valence-electron chi connectivity index (χ4n) is 3.08. The lowest BCUT2D eigenvalue weighted by Crippen LogP contribution is -2.35. The van der Waals surface area contributed by atoms with Crippen LogP contribution in [0.3, 0.4) is 0 Å². The average Bonchev–Trinajstić information content (AvgIpc) is 3.22. The summed E-state index contributed by atoms with van der Waals surface area (Å²) in [5, 5.41) is 3.10. The fraction of sp³-hybridized carbons (Fsp3) is 0.318. The molecule has 2 aromatic heterocycles. The summed E-state index contributed by atoms with van der Waals surface area (Å²) in [7, 11) is 1.29. The van der Waals surface area contributed by atoms with E-state index in [4.69, 9.17) is 4.42 Å². The van der Waals surface area contributed by atoms with Crippen LogP contribution in [0.1, 0.15) is 34.4 Å². The number of rotatable bonds is 9. The molecule has 0 aliphatic carbocycles. The molecule has 0 spiro atoms. The second kappa shape index (κ2) is 10.2. The van der Waals surface area contributed by atoms with E-state index in [0.29, 0.717) is 23.1 Å². The smallest absolute Gasteiger partial charge is 0.373 e. The normalized spacial score (nSPS) is 10.8. The first-order valence-corrected chi connectivity index (χ1v) is 11.0. The summed E-state index contributed by atoms with van der Waals surface area (Å²) in [6, 6.07) is 10.6. The van der Waals surface area contributed by atoms with E-state index in [0.717, 1.165) is 16.7 Å². The number of ether oxygens (including phenoxy) is 1. The largest absolute Gasteiger partial charge is 0.463 e. The second-order valence-electron chi connectivity index (χ2n) is 6.91. The summed E-state index contributed by atoms with van der Waals surface area (Å²) in [4.78, 5) is 38.9. The first-order chi connectivity index (χ1) is 14.9. The molecule has 0 fully saturated rings. The molecule has 2 N–H and O–H groups in total. The maximum atomic E-state index is 12.4. The van der Waals surface area contributed by atoms with Gasteiger partial charge in [-0.05, 0) is 48.7 Å². The molecular formula is C22H25N3O5S. The van der Waals surface area contributed by atoms with Crippen LogP contribution in [0.2, 0.25) is 0 Å². The number of nitrogens with one attached hydrogen (secondary N) is 2. The number of furan rings is 1. The number of aromatic nitrogens is 2. The lowest BCUT2D eigenvalue weighted by atomic mass is 10.1. The Balaban J connectivity index is 1.59. The Morgan fingerprint density at radius 3 is 2.74 bits per heavy atom. The van der Waals surface area contributed by atoms with E-state index >= 15 is 0 Å². The zero-order valence-corrected chi connectivity index (χ0v) is 18.5. The third-order valence-corrected chi connectivity index (χ3v) is 5.74. The van der Waals surface area contributed by atoms with Crippen molar-refractivity contribution < 1.29 is 13.9 Å². The number of nitrogens with zero attached hydrogens (tertiary/aromatic N) is 1.